The molecule has 0 saturated heterocycles. The lowest BCUT2D eigenvalue weighted by Crippen LogP contribution is -2.19. The molecule has 0 spiro atoms. The Morgan fingerprint density at radius 3 is 2.50 bits per heavy atom. The summed E-state index contributed by atoms with van der Waals surface area (Å²) < 4.78 is 0. The third-order valence-corrected chi connectivity index (χ3v) is 1.89. The van der Waals surface area contributed by atoms with Crippen LogP contribution in [0.4, 0.5) is 0 Å². The van der Waals surface area contributed by atoms with E-state index in [1.807, 2.05) is 6.07 Å². The van der Waals surface area contributed by atoms with E-state index in [-0.39, 0.29) is 0 Å². The van der Waals surface area contributed by atoms with Crippen LogP contribution in [0.15, 0.2) is 30.3 Å². The summed E-state index contributed by atoms with van der Waals surface area (Å²) in [4.78, 5) is 0. The maximum absolute atomic E-state index is 5.52. The molecule has 0 unspecified atom stereocenters. The van der Waals surface area contributed by atoms with Crippen LogP contribution in [-0.2, 0) is 6.42 Å². The van der Waals surface area contributed by atoms with E-state index in [0.717, 1.165) is 19.5 Å². The lowest BCUT2D eigenvalue weighted by molar-refractivity contribution is 0.719. The fourth-order valence-electron chi connectivity index (χ4n) is 1.07. The molecule has 0 aliphatic carbocycles. The van der Waals surface area contributed by atoms with Crippen molar-refractivity contribution in [2.45, 2.75) is 6.42 Å². The first-order valence-electron chi connectivity index (χ1n) is 4.24. The number of hydrogen-bond acceptors (Lipinski definition) is 1. The normalized spacial score (nSPS) is 10.1. The van der Waals surface area contributed by atoms with Gasteiger partial charge in [0.2, 0.25) is 0 Å². The predicted octanol–water partition coefficient (Wildman–Crippen LogP) is 2.06. The van der Waals surface area contributed by atoms with Gasteiger partial charge in [-0.15, -0.1) is 11.6 Å². The quantitative estimate of drug-likeness (QED) is 0.545. The first kappa shape index (κ1) is 9.56. The molecule has 0 heterocycles. The molecule has 1 aromatic rings. The van der Waals surface area contributed by atoms with Crippen LogP contribution in [0.25, 0.3) is 0 Å². The van der Waals surface area contributed by atoms with Gasteiger partial charge in [-0.3, -0.25) is 0 Å². The number of halogens is 1. The number of alkyl halides is 1. The molecule has 2 heteroatoms. The largest absolute Gasteiger partial charge is 0.315 e. The summed E-state index contributed by atoms with van der Waals surface area (Å²) in [5.74, 6) is 0.689. The van der Waals surface area contributed by atoms with E-state index >= 15 is 0 Å². The van der Waals surface area contributed by atoms with Gasteiger partial charge in [0.15, 0.2) is 0 Å². The van der Waals surface area contributed by atoms with Gasteiger partial charge in [-0.1, -0.05) is 30.3 Å². The highest BCUT2D eigenvalue weighted by Gasteiger charge is 1.89. The highest BCUT2D eigenvalue weighted by atomic mass is 35.5. The minimum Gasteiger partial charge on any atom is -0.315 e. The lowest BCUT2D eigenvalue weighted by atomic mass is 10.1. The number of benzene rings is 1. The summed E-state index contributed by atoms with van der Waals surface area (Å²) in [7, 11) is 0. The van der Waals surface area contributed by atoms with Crippen LogP contribution < -0.4 is 5.32 Å². The minimum absolute atomic E-state index is 0.689. The van der Waals surface area contributed by atoms with Crippen molar-refractivity contribution in [1.82, 2.24) is 5.32 Å². The smallest absolute Gasteiger partial charge is 0.0348 e. The van der Waals surface area contributed by atoms with Crippen molar-refractivity contribution in [3.63, 3.8) is 0 Å². The topological polar surface area (TPSA) is 12.0 Å². The van der Waals surface area contributed by atoms with Gasteiger partial charge in [0, 0.05) is 12.4 Å². The molecule has 0 saturated carbocycles. The van der Waals surface area contributed by atoms with Crippen molar-refractivity contribution in [1.29, 1.82) is 0 Å². The monoisotopic (exact) mass is 183 g/mol. The van der Waals surface area contributed by atoms with Crippen LogP contribution in [0.2, 0.25) is 0 Å². The Kier molecular flexibility index (Phi) is 4.81. The van der Waals surface area contributed by atoms with Gasteiger partial charge in [-0.25, -0.2) is 0 Å². The van der Waals surface area contributed by atoms with Crippen molar-refractivity contribution in [2.24, 2.45) is 0 Å². The van der Waals surface area contributed by atoms with Gasteiger partial charge in [-0.2, -0.15) is 0 Å². The van der Waals surface area contributed by atoms with Gasteiger partial charge in [0.05, 0.1) is 0 Å². The fraction of sp³-hybridized carbons (Fsp3) is 0.400. The summed E-state index contributed by atoms with van der Waals surface area (Å²) >= 11 is 5.52. The molecule has 1 nitrogen and oxygen atoms in total. The van der Waals surface area contributed by atoms with E-state index in [2.05, 4.69) is 29.6 Å². The third-order valence-electron chi connectivity index (χ3n) is 1.70. The number of hydrogen-bond donors (Lipinski definition) is 1. The molecular formula is C10H14ClN. The fourth-order valence-corrected chi connectivity index (χ4v) is 1.20. The highest BCUT2D eigenvalue weighted by Crippen LogP contribution is 1.97. The second-order valence-electron chi connectivity index (χ2n) is 2.67. The Balaban J connectivity index is 2.16. The molecule has 0 fully saturated rings. The second-order valence-corrected chi connectivity index (χ2v) is 3.05. The van der Waals surface area contributed by atoms with E-state index in [1.165, 1.54) is 5.56 Å². The van der Waals surface area contributed by atoms with Crippen LogP contribution in [-0.4, -0.2) is 19.0 Å². The first-order valence-corrected chi connectivity index (χ1v) is 4.77. The highest BCUT2D eigenvalue weighted by molar-refractivity contribution is 6.18. The molecule has 0 radical (unpaired) electrons. The molecule has 12 heavy (non-hydrogen) atoms. The summed E-state index contributed by atoms with van der Waals surface area (Å²) in [5.41, 5.74) is 1.37. The minimum atomic E-state index is 0.689. The number of nitrogens with one attached hydrogen (secondary N) is 1. The Morgan fingerprint density at radius 2 is 1.83 bits per heavy atom. The molecule has 0 aliphatic rings. The molecule has 0 atom stereocenters. The summed E-state index contributed by atoms with van der Waals surface area (Å²) in [6, 6.07) is 10.5. The van der Waals surface area contributed by atoms with Crippen LogP contribution in [0.1, 0.15) is 5.56 Å². The van der Waals surface area contributed by atoms with Crippen LogP contribution >= 0.6 is 11.6 Å². The Morgan fingerprint density at radius 1 is 1.08 bits per heavy atom. The second kappa shape index (κ2) is 6.04. The SMILES string of the molecule is ClCCNCCc1ccccc1. The van der Waals surface area contributed by atoms with E-state index in [1.54, 1.807) is 0 Å². The zero-order valence-corrected chi connectivity index (χ0v) is 7.85. The maximum atomic E-state index is 5.52. The van der Waals surface area contributed by atoms with Crippen molar-refractivity contribution >= 4 is 11.6 Å². The standard InChI is InChI=1S/C10H14ClN/c11-7-9-12-8-6-10-4-2-1-3-5-10/h1-5,12H,6-9H2. The van der Waals surface area contributed by atoms with E-state index in [0.29, 0.717) is 5.88 Å². The Labute approximate surface area is 78.7 Å². The molecule has 0 aliphatic heterocycles. The van der Waals surface area contributed by atoms with E-state index < -0.39 is 0 Å². The molecule has 1 aromatic carbocycles. The molecule has 0 amide bonds. The average Bonchev–Trinajstić information content (AvgIpc) is 2.14. The molecule has 0 aromatic heterocycles. The average molecular weight is 184 g/mol. The van der Waals surface area contributed by atoms with Crippen molar-refractivity contribution in [2.75, 3.05) is 19.0 Å². The van der Waals surface area contributed by atoms with Crippen molar-refractivity contribution in [3.8, 4) is 0 Å². The maximum Gasteiger partial charge on any atom is 0.0348 e. The Bertz CT molecular complexity index is 198. The number of rotatable bonds is 5. The van der Waals surface area contributed by atoms with Crippen molar-refractivity contribution < 1.29 is 0 Å². The predicted molar refractivity (Wildman–Crippen MR) is 53.7 cm³/mol. The zero-order chi connectivity index (χ0) is 8.65. The van der Waals surface area contributed by atoms with E-state index in [9.17, 15) is 0 Å². The molecule has 1 rings (SSSR count). The zero-order valence-electron chi connectivity index (χ0n) is 7.09. The van der Waals surface area contributed by atoms with Gasteiger partial charge in [0.1, 0.15) is 0 Å². The molecule has 1 N–H and O–H groups in total. The van der Waals surface area contributed by atoms with Crippen LogP contribution in [0, 0.1) is 0 Å². The van der Waals surface area contributed by atoms with Gasteiger partial charge < -0.3 is 5.32 Å². The molecule has 66 valence electrons. The first-order chi connectivity index (χ1) is 5.93. The summed E-state index contributed by atoms with van der Waals surface area (Å²) in [6.45, 7) is 1.91. The van der Waals surface area contributed by atoms with Gasteiger partial charge in [0.25, 0.3) is 0 Å². The molecular weight excluding hydrogens is 170 g/mol. The summed E-state index contributed by atoms with van der Waals surface area (Å²) in [6.07, 6.45) is 1.08. The third kappa shape index (κ3) is 3.74. The van der Waals surface area contributed by atoms with Crippen LogP contribution in [0.3, 0.4) is 0 Å². The van der Waals surface area contributed by atoms with Gasteiger partial charge in [-0.05, 0) is 18.5 Å². The molecule has 0 bridgehead atoms. The van der Waals surface area contributed by atoms with Gasteiger partial charge >= 0.3 is 0 Å². The Hall–Kier alpha value is -0.530. The lowest BCUT2D eigenvalue weighted by Gasteiger charge is -2.01. The van der Waals surface area contributed by atoms with Crippen LogP contribution in [0.5, 0.6) is 0 Å². The van der Waals surface area contributed by atoms with E-state index in [4.69, 9.17) is 11.6 Å². The van der Waals surface area contributed by atoms with Crippen molar-refractivity contribution in [3.05, 3.63) is 35.9 Å². The summed E-state index contributed by atoms with van der Waals surface area (Å²) in [5, 5.41) is 3.25.